The number of hydrogen-bond acceptors (Lipinski definition) is 4. The molecule has 1 aromatic heterocycles. The van der Waals surface area contributed by atoms with Crippen LogP contribution in [0.2, 0.25) is 0 Å². The second kappa shape index (κ2) is 8.03. The van der Waals surface area contributed by atoms with Crippen LogP contribution in [0.4, 0.5) is 5.82 Å². The first-order chi connectivity index (χ1) is 8.26. The van der Waals surface area contributed by atoms with Crippen molar-refractivity contribution in [2.75, 3.05) is 31.9 Å². The van der Waals surface area contributed by atoms with Crippen LogP contribution in [-0.2, 0) is 6.54 Å². The molecule has 0 saturated heterocycles. The van der Waals surface area contributed by atoms with Gasteiger partial charge in [-0.3, -0.25) is 0 Å². The zero-order valence-corrected chi connectivity index (χ0v) is 10.9. The van der Waals surface area contributed by atoms with E-state index in [1.165, 1.54) is 18.5 Å². The Morgan fingerprint density at radius 1 is 1.29 bits per heavy atom. The number of hydrogen-bond donors (Lipinski definition) is 2. The highest BCUT2D eigenvalue weighted by Crippen LogP contribution is 2.00. The molecule has 0 aliphatic heterocycles. The Hall–Kier alpha value is -1.13. The van der Waals surface area contributed by atoms with Crippen LogP contribution in [0.25, 0.3) is 0 Å². The lowest BCUT2D eigenvalue weighted by molar-refractivity contribution is 0.298. The normalized spacial score (nSPS) is 11.0. The predicted molar refractivity (Wildman–Crippen MR) is 72.8 cm³/mol. The Kier molecular flexibility index (Phi) is 6.58. The van der Waals surface area contributed by atoms with Crippen LogP contribution in [0.3, 0.4) is 0 Å². The third kappa shape index (κ3) is 5.65. The summed E-state index contributed by atoms with van der Waals surface area (Å²) in [4.78, 5) is 6.50. The molecule has 0 unspecified atom stereocenters. The van der Waals surface area contributed by atoms with Gasteiger partial charge in [0.1, 0.15) is 5.82 Å². The highest BCUT2D eigenvalue weighted by atomic mass is 15.1. The third-order valence-electron chi connectivity index (χ3n) is 2.90. The van der Waals surface area contributed by atoms with Gasteiger partial charge in [-0.05, 0) is 44.2 Å². The maximum atomic E-state index is 5.53. The number of nitrogens with two attached hydrogens (primary N) is 1. The first-order valence-corrected chi connectivity index (χ1v) is 6.39. The van der Waals surface area contributed by atoms with Crippen molar-refractivity contribution in [1.82, 2.24) is 15.2 Å². The van der Waals surface area contributed by atoms with Gasteiger partial charge in [0.15, 0.2) is 0 Å². The van der Waals surface area contributed by atoms with Gasteiger partial charge >= 0.3 is 0 Å². The molecule has 1 rings (SSSR count). The van der Waals surface area contributed by atoms with Crippen LogP contribution >= 0.6 is 0 Å². The largest absolute Gasteiger partial charge is 0.384 e. The summed E-state index contributed by atoms with van der Waals surface area (Å²) in [5, 5.41) is 3.42. The van der Waals surface area contributed by atoms with Crippen molar-refractivity contribution < 1.29 is 0 Å². The van der Waals surface area contributed by atoms with Crippen LogP contribution in [0.5, 0.6) is 0 Å². The van der Waals surface area contributed by atoms with Gasteiger partial charge in [-0.2, -0.15) is 0 Å². The van der Waals surface area contributed by atoms with E-state index < -0.39 is 0 Å². The van der Waals surface area contributed by atoms with E-state index in [-0.39, 0.29) is 0 Å². The molecular weight excluding hydrogens is 212 g/mol. The van der Waals surface area contributed by atoms with Crippen molar-refractivity contribution in [2.24, 2.45) is 0 Å². The Morgan fingerprint density at radius 3 is 2.65 bits per heavy atom. The fourth-order valence-corrected chi connectivity index (χ4v) is 1.74. The molecule has 0 atom stereocenters. The van der Waals surface area contributed by atoms with Crippen LogP contribution in [0.15, 0.2) is 18.3 Å². The maximum Gasteiger partial charge on any atom is 0.123 e. The predicted octanol–water partition coefficient (Wildman–Crippen LogP) is 1.49. The summed E-state index contributed by atoms with van der Waals surface area (Å²) in [7, 11) is 0. The van der Waals surface area contributed by atoms with Crippen LogP contribution in [0, 0.1) is 0 Å². The molecule has 4 nitrogen and oxygen atoms in total. The fourth-order valence-electron chi connectivity index (χ4n) is 1.74. The Labute approximate surface area is 104 Å². The number of pyridine rings is 1. The van der Waals surface area contributed by atoms with Crippen molar-refractivity contribution in [3.8, 4) is 0 Å². The minimum Gasteiger partial charge on any atom is -0.384 e. The topological polar surface area (TPSA) is 54.2 Å². The standard InChI is InChI=1S/C13H24N4/c1-3-17(4-2)9-5-8-15-10-12-6-7-13(14)16-11-12/h6-7,11,15H,3-5,8-10H2,1-2H3,(H2,14,16). The van der Waals surface area contributed by atoms with Gasteiger partial charge in [0.05, 0.1) is 0 Å². The minimum absolute atomic E-state index is 0.579. The van der Waals surface area contributed by atoms with Crippen molar-refractivity contribution in [3.63, 3.8) is 0 Å². The SMILES string of the molecule is CCN(CC)CCCNCc1ccc(N)nc1. The molecule has 0 aliphatic carbocycles. The van der Waals surface area contributed by atoms with Gasteiger partial charge in [-0.25, -0.2) is 4.98 Å². The number of anilines is 1. The Balaban J connectivity index is 2.10. The van der Waals surface area contributed by atoms with E-state index in [0.717, 1.165) is 26.2 Å². The summed E-state index contributed by atoms with van der Waals surface area (Å²) in [6, 6.07) is 3.85. The van der Waals surface area contributed by atoms with Crippen LogP contribution < -0.4 is 11.1 Å². The summed E-state index contributed by atoms with van der Waals surface area (Å²) in [6.07, 6.45) is 3.01. The number of rotatable bonds is 8. The minimum atomic E-state index is 0.579. The molecule has 1 heterocycles. The van der Waals surface area contributed by atoms with Crippen LogP contribution in [0.1, 0.15) is 25.8 Å². The lowest BCUT2D eigenvalue weighted by Crippen LogP contribution is -2.27. The zero-order valence-electron chi connectivity index (χ0n) is 10.9. The molecule has 0 amide bonds. The number of aromatic nitrogens is 1. The van der Waals surface area contributed by atoms with E-state index in [2.05, 4.69) is 29.0 Å². The van der Waals surface area contributed by atoms with Gasteiger partial charge in [-0.1, -0.05) is 19.9 Å². The Morgan fingerprint density at radius 2 is 2.06 bits per heavy atom. The summed E-state index contributed by atoms with van der Waals surface area (Å²) in [5.41, 5.74) is 6.71. The molecule has 1 aromatic rings. The smallest absolute Gasteiger partial charge is 0.123 e. The second-order valence-electron chi connectivity index (χ2n) is 4.15. The zero-order chi connectivity index (χ0) is 12.5. The van der Waals surface area contributed by atoms with Crippen molar-refractivity contribution in [2.45, 2.75) is 26.8 Å². The fraction of sp³-hybridized carbons (Fsp3) is 0.615. The molecule has 0 saturated carbocycles. The molecule has 4 heteroatoms. The van der Waals surface area contributed by atoms with E-state index in [9.17, 15) is 0 Å². The highest BCUT2D eigenvalue weighted by Gasteiger charge is 1.98. The van der Waals surface area contributed by atoms with Gasteiger partial charge in [0.25, 0.3) is 0 Å². The van der Waals surface area contributed by atoms with Crippen molar-refractivity contribution >= 4 is 5.82 Å². The van der Waals surface area contributed by atoms with Gasteiger partial charge in [0.2, 0.25) is 0 Å². The first kappa shape index (κ1) is 13.9. The van der Waals surface area contributed by atoms with Gasteiger partial charge < -0.3 is 16.0 Å². The molecule has 0 aliphatic rings. The van der Waals surface area contributed by atoms with E-state index in [4.69, 9.17) is 5.73 Å². The lowest BCUT2D eigenvalue weighted by atomic mass is 10.2. The first-order valence-electron chi connectivity index (χ1n) is 6.39. The number of nitrogen functional groups attached to an aromatic ring is 1. The third-order valence-corrected chi connectivity index (χ3v) is 2.90. The van der Waals surface area contributed by atoms with E-state index in [1.54, 1.807) is 0 Å². The Bertz CT molecular complexity index is 293. The quantitative estimate of drug-likeness (QED) is 0.671. The molecule has 3 N–H and O–H groups in total. The van der Waals surface area contributed by atoms with E-state index in [0.29, 0.717) is 5.82 Å². The lowest BCUT2D eigenvalue weighted by Gasteiger charge is -2.17. The summed E-state index contributed by atoms with van der Waals surface area (Å²) in [6.45, 7) is 9.76. The molecule has 0 bridgehead atoms. The molecule has 17 heavy (non-hydrogen) atoms. The van der Waals surface area contributed by atoms with Gasteiger partial charge in [-0.15, -0.1) is 0 Å². The molecule has 0 aromatic carbocycles. The van der Waals surface area contributed by atoms with Crippen LogP contribution in [-0.4, -0.2) is 36.1 Å². The highest BCUT2D eigenvalue weighted by molar-refractivity contribution is 5.29. The van der Waals surface area contributed by atoms with E-state index >= 15 is 0 Å². The summed E-state index contributed by atoms with van der Waals surface area (Å²) < 4.78 is 0. The maximum absolute atomic E-state index is 5.53. The summed E-state index contributed by atoms with van der Waals surface area (Å²) in [5.74, 6) is 0.579. The molecular formula is C13H24N4. The molecule has 0 spiro atoms. The molecule has 0 fully saturated rings. The second-order valence-corrected chi connectivity index (χ2v) is 4.15. The number of nitrogens with one attached hydrogen (secondary N) is 1. The summed E-state index contributed by atoms with van der Waals surface area (Å²) >= 11 is 0. The van der Waals surface area contributed by atoms with E-state index in [1.807, 2.05) is 18.3 Å². The molecule has 0 radical (unpaired) electrons. The van der Waals surface area contributed by atoms with Gasteiger partial charge in [0, 0.05) is 12.7 Å². The van der Waals surface area contributed by atoms with Crippen molar-refractivity contribution in [3.05, 3.63) is 23.9 Å². The molecule has 96 valence electrons. The average molecular weight is 236 g/mol. The monoisotopic (exact) mass is 236 g/mol. The number of nitrogens with zero attached hydrogens (tertiary/aromatic N) is 2. The average Bonchev–Trinajstić information content (AvgIpc) is 2.36. The van der Waals surface area contributed by atoms with Crippen molar-refractivity contribution in [1.29, 1.82) is 0 Å².